The Labute approximate surface area is 102 Å². The van der Waals surface area contributed by atoms with Crippen LogP contribution in [0.3, 0.4) is 0 Å². The van der Waals surface area contributed by atoms with Crippen molar-refractivity contribution < 1.29 is 4.74 Å². The zero-order chi connectivity index (χ0) is 12.2. The largest absolute Gasteiger partial charge is 0.497 e. The molecule has 0 aliphatic heterocycles. The van der Waals surface area contributed by atoms with E-state index in [0.29, 0.717) is 5.11 Å². The van der Waals surface area contributed by atoms with E-state index in [-0.39, 0.29) is 5.54 Å². The smallest absolute Gasteiger partial charge is 0.171 e. The number of nitrogens with one attached hydrogen (secondary N) is 2. The number of anilines is 1. The minimum absolute atomic E-state index is 0.0312. The number of methoxy groups -OCH3 is 1. The second kappa shape index (κ2) is 5.16. The Hall–Kier alpha value is -1.29. The Morgan fingerprint density at radius 2 is 1.75 bits per heavy atom. The predicted molar refractivity (Wildman–Crippen MR) is 72.1 cm³/mol. The monoisotopic (exact) mass is 238 g/mol. The molecule has 16 heavy (non-hydrogen) atoms. The molecular weight excluding hydrogens is 220 g/mol. The SMILES string of the molecule is COc1ccc(NC(=S)NC(C)(C)C)cc1. The number of rotatable bonds is 2. The van der Waals surface area contributed by atoms with E-state index in [1.165, 1.54) is 0 Å². The highest BCUT2D eigenvalue weighted by atomic mass is 32.1. The standard InChI is InChI=1S/C12H18N2OS/c1-12(2,3)14-11(16)13-9-5-7-10(15-4)8-6-9/h5-8H,1-4H3,(H2,13,14,16). The van der Waals surface area contributed by atoms with E-state index >= 15 is 0 Å². The van der Waals surface area contributed by atoms with Gasteiger partial charge in [0, 0.05) is 11.2 Å². The van der Waals surface area contributed by atoms with Gasteiger partial charge in [-0.25, -0.2) is 0 Å². The molecule has 2 N–H and O–H groups in total. The van der Waals surface area contributed by atoms with Gasteiger partial charge in [-0.2, -0.15) is 0 Å². The summed E-state index contributed by atoms with van der Waals surface area (Å²) in [4.78, 5) is 0. The van der Waals surface area contributed by atoms with Gasteiger partial charge < -0.3 is 15.4 Å². The van der Waals surface area contributed by atoms with Crippen molar-refractivity contribution in [2.24, 2.45) is 0 Å². The molecule has 0 unspecified atom stereocenters. The van der Waals surface area contributed by atoms with Gasteiger partial charge in [0.15, 0.2) is 5.11 Å². The lowest BCUT2D eigenvalue weighted by Crippen LogP contribution is -2.42. The van der Waals surface area contributed by atoms with Gasteiger partial charge in [0.25, 0.3) is 0 Å². The summed E-state index contributed by atoms with van der Waals surface area (Å²) < 4.78 is 5.08. The molecule has 1 rings (SSSR count). The lowest BCUT2D eigenvalue weighted by atomic mass is 10.1. The van der Waals surface area contributed by atoms with Crippen molar-refractivity contribution in [1.82, 2.24) is 5.32 Å². The lowest BCUT2D eigenvalue weighted by molar-refractivity contribution is 0.415. The van der Waals surface area contributed by atoms with Gasteiger partial charge in [0.1, 0.15) is 5.75 Å². The van der Waals surface area contributed by atoms with Gasteiger partial charge in [0.2, 0.25) is 0 Å². The van der Waals surface area contributed by atoms with Gasteiger partial charge in [-0.1, -0.05) is 0 Å². The Balaban J connectivity index is 2.56. The van der Waals surface area contributed by atoms with Crippen LogP contribution >= 0.6 is 12.2 Å². The van der Waals surface area contributed by atoms with Crippen LogP contribution in [-0.2, 0) is 0 Å². The molecule has 0 aliphatic carbocycles. The molecular formula is C12H18N2OS. The Bertz CT molecular complexity index is 354. The molecule has 0 heterocycles. The number of thiocarbonyl (C=S) groups is 1. The molecule has 1 aromatic rings. The van der Waals surface area contributed by atoms with Crippen molar-refractivity contribution in [3.63, 3.8) is 0 Å². The summed E-state index contributed by atoms with van der Waals surface area (Å²) in [7, 11) is 1.65. The first-order valence-electron chi connectivity index (χ1n) is 5.14. The van der Waals surface area contributed by atoms with E-state index in [0.717, 1.165) is 11.4 Å². The van der Waals surface area contributed by atoms with E-state index < -0.39 is 0 Å². The molecule has 1 aromatic carbocycles. The molecule has 0 spiro atoms. The number of hydrogen-bond acceptors (Lipinski definition) is 2. The Morgan fingerprint density at radius 1 is 1.19 bits per heavy atom. The van der Waals surface area contributed by atoms with E-state index in [4.69, 9.17) is 17.0 Å². The second-order valence-electron chi connectivity index (χ2n) is 4.56. The third-order valence-corrected chi connectivity index (χ3v) is 2.04. The summed E-state index contributed by atoms with van der Waals surface area (Å²) in [6.07, 6.45) is 0. The fourth-order valence-electron chi connectivity index (χ4n) is 1.18. The molecule has 0 aliphatic rings. The molecule has 0 aromatic heterocycles. The number of benzene rings is 1. The van der Waals surface area contributed by atoms with Crippen LogP contribution in [-0.4, -0.2) is 17.8 Å². The van der Waals surface area contributed by atoms with Crippen molar-refractivity contribution in [3.8, 4) is 5.75 Å². The first kappa shape index (κ1) is 12.8. The summed E-state index contributed by atoms with van der Waals surface area (Å²) in [5.74, 6) is 0.834. The highest BCUT2D eigenvalue weighted by Crippen LogP contribution is 2.15. The highest BCUT2D eigenvalue weighted by molar-refractivity contribution is 7.80. The average Bonchev–Trinajstić information content (AvgIpc) is 2.16. The summed E-state index contributed by atoms with van der Waals surface area (Å²) >= 11 is 5.19. The first-order valence-corrected chi connectivity index (χ1v) is 5.55. The summed E-state index contributed by atoms with van der Waals surface area (Å²) in [6.45, 7) is 6.19. The van der Waals surface area contributed by atoms with Crippen molar-refractivity contribution in [2.75, 3.05) is 12.4 Å². The fraction of sp³-hybridized carbons (Fsp3) is 0.417. The van der Waals surface area contributed by atoms with Gasteiger partial charge in [-0.15, -0.1) is 0 Å². The minimum Gasteiger partial charge on any atom is -0.497 e. The van der Waals surface area contributed by atoms with E-state index in [1.54, 1.807) is 7.11 Å². The van der Waals surface area contributed by atoms with E-state index in [9.17, 15) is 0 Å². The third-order valence-electron chi connectivity index (χ3n) is 1.84. The van der Waals surface area contributed by atoms with Crippen LogP contribution in [0.2, 0.25) is 0 Å². The van der Waals surface area contributed by atoms with Gasteiger partial charge in [0.05, 0.1) is 7.11 Å². The molecule has 0 radical (unpaired) electrons. The molecule has 0 bridgehead atoms. The molecule has 4 heteroatoms. The Kier molecular flexibility index (Phi) is 4.12. The highest BCUT2D eigenvalue weighted by Gasteiger charge is 2.10. The van der Waals surface area contributed by atoms with Gasteiger partial charge in [-0.05, 0) is 57.3 Å². The molecule has 0 atom stereocenters. The summed E-state index contributed by atoms with van der Waals surface area (Å²) in [5, 5.41) is 6.92. The van der Waals surface area contributed by atoms with Crippen LogP contribution in [0.1, 0.15) is 20.8 Å². The van der Waals surface area contributed by atoms with Crippen LogP contribution in [0.25, 0.3) is 0 Å². The second-order valence-corrected chi connectivity index (χ2v) is 4.97. The minimum atomic E-state index is -0.0312. The number of hydrogen-bond donors (Lipinski definition) is 2. The Morgan fingerprint density at radius 3 is 2.19 bits per heavy atom. The third kappa shape index (κ3) is 4.49. The van der Waals surface area contributed by atoms with Crippen molar-refractivity contribution >= 4 is 23.0 Å². The zero-order valence-electron chi connectivity index (χ0n) is 10.1. The predicted octanol–water partition coefficient (Wildman–Crippen LogP) is 2.78. The topological polar surface area (TPSA) is 33.3 Å². The zero-order valence-corrected chi connectivity index (χ0v) is 10.9. The van der Waals surface area contributed by atoms with Crippen molar-refractivity contribution in [2.45, 2.75) is 26.3 Å². The molecule has 0 fully saturated rings. The van der Waals surface area contributed by atoms with Crippen LogP contribution in [0.5, 0.6) is 5.75 Å². The summed E-state index contributed by atoms with van der Waals surface area (Å²) in [6, 6.07) is 7.63. The van der Waals surface area contributed by atoms with Crippen LogP contribution in [0, 0.1) is 0 Å². The maximum atomic E-state index is 5.19. The van der Waals surface area contributed by atoms with Crippen LogP contribution in [0.4, 0.5) is 5.69 Å². The average molecular weight is 238 g/mol. The van der Waals surface area contributed by atoms with Gasteiger partial charge >= 0.3 is 0 Å². The fourth-order valence-corrected chi connectivity index (χ4v) is 1.60. The first-order chi connectivity index (χ1) is 7.40. The van der Waals surface area contributed by atoms with Crippen molar-refractivity contribution in [1.29, 1.82) is 0 Å². The van der Waals surface area contributed by atoms with Crippen molar-refractivity contribution in [3.05, 3.63) is 24.3 Å². The maximum absolute atomic E-state index is 5.19. The molecule has 0 saturated carbocycles. The van der Waals surface area contributed by atoms with E-state index in [2.05, 4.69) is 31.4 Å². The van der Waals surface area contributed by atoms with Crippen LogP contribution < -0.4 is 15.4 Å². The van der Waals surface area contributed by atoms with E-state index in [1.807, 2.05) is 24.3 Å². The maximum Gasteiger partial charge on any atom is 0.171 e. The normalized spacial score (nSPS) is 10.8. The quantitative estimate of drug-likeness (QED) is 0.776. The van der Waals surface area contributed by atoms with Crippen LogP contribution in [0.15, 0.2) is 24.3 Å². The van der Waals surface area contributed by atoms with Gasteiger partial charge in [-0.3, -0.25) is 0 Å². The molecule has 0 saturated heterocycles. The number of ether oxygens (including phenoxy) is 1. The lowest BCUT2D eigenvalue weighted by Gasteiger charge is -2.23. The summed E-state index contributed by atoms with van der Waals surface area (Å²) in [5.41, 5.74) is 0.916. The molecule has 3 nitrogen and oxygen atoms in total. The molecule has 0 amide bonds. The molecule has 88 valence electrons.